The second-order valence-corrected chi connectivity index (χ2v) is 8.48. The maximum Gasteiger partial charge on any atom is 0.277 e. The summed E-state index contributed by atoms with van der Waals surface area (Å²) in [6.45, 7) is 4.21. The molecule has 0 aromatic carbocycles. The van der Waals surface area contributed by atoms with E-state index < -0.39 is 4.87 Å². The molecule has 1 unspecified atom stereocenters. The number of amides is 1. The van der Waals surface area contributed by atoms with Crippen LogP contribution in [0.2, 0.25) is 0 Å². The van der Waals surface area contributed by atoms with Crippen molar-refractivity contribution in [1.82, 2.24) is 4.90 Å². The minimum atomic E-state index is -0.402. The van der Waals surface area contributed by atoms with Gasteiger partial charge in [0.2, 0.25) is 0 Å². The summed E-state index contributed by atoms with van der Waals surface area (Å²) in [5, 5.41) is 1.11. The van der Waals surface area contributed by atoms with Crippen LogP contribution >= 0.6 is 11.8 Å². The molecular formula is C17H28N2OS. The highest BCUT2D eigenvalue weighted by Crippen LogP contribution is 2.41. The molecule has 21 heavy (non-hydrogen) atoms. The molecule has 0 aromatic heterocycles. The zero-order valence-electron chi connectivity index (χ0n) is 13.3. The molecule has 0 aromatic rings. The van der Waals surface area contributed by atoms with Gasteiger partial charge in [-0.3, -0.25) is 9.69 Å². The van der Waals surface area contributed by atoms with Crippen molar-refractivity contribution in [3.8, 4) is 0 Å². The van der Waals surface area contributed by atoms with E-state index in [1.54, 1.807) is 11.8 Å². The van der Waals surface area contributed by atoms with Gasteiger partial charge in [-0.2, -0.15) is 0 Å². The summed E-state index contributed by atoms with van der Waals surface area (Å²) < 4.78 is 0. The van der Waals surface area contributed by atoms with Crippen LogP contribution in [0.3, 0.4) is 0 Å². The van der Waals surface area contributed by atoms with E-state index in [1.807, 2.05) is 0 Å². The van der Waals surface area contributed by atoms with Crippen molar-refractivity contribution in [1.29, 1.82) is 0 Å². The number of thioether (sulfide) groups is 1. The van der Waals surface area contributed by atoms with E-state index in [4.69, 9.17) is 0 Å². The average molecular weight is 308 g/mol. The van der Waals surface area contributed by atoms with Crippen molar-refractivity contribution in [2.24, 2.45) is 10.9 Å². The van der Waals surface area contributed by atoms with E-state index in [1.165, 1.54) is 57.8 Å². The topological polar surface area (TPSA) is 32.7 Å². The van der Waals surface area contributed by atoms with Crippen LogP contribution in [0.25, 0.3) is 0 Å². The normalized spacial score (nSPS) is 33.0. The van der Waals surface area contributed by atoms with E-state index in [2.05, 4.69) is 16.8 Å². The number of hydrogen-bond acceptors (Lipinski definition) is 3. The van der Waals surface area contributed by atoms with Crippen molar-refractivity contribution in [2.75, 3.05) is 13.1 Å². The molecule has 2 heterocycles. The minimum Gasteiger partial charge on any atom is -0.281 e. The fourth-order valence-corrected chi connectivity index (χ4v) is 5.29. The lowest BCUT2D eigenvalue weighted by Gasteiger charge is -2.37. The smallest absolute Gasteiger partial charge is 0.277 e. The van der Waals surface area contributed by atoms with Gasteiger partial charge in [-0.1, -0.05) is 56.7 Å². The van der Waals surface area contributed by atoms with Crippen LogP contribution in [0, 0.1) is 5.92 Å². The Morgan fingerprint density at radius 1 is 1.10 bits per heavy atom. The summed E-state index contributed by atoms with van der Waals surface area (Å²) in [6.07, 6.45) is 13.0. The fourth-order valence-electron chi connectivity index (χ4n) is 3.94. The van der Waals surface area contributed by atoms with Gasteiger partial charge < -0.3 is 0 Å². The third kappa shape index (κ3) is 3.53. The maximum absolute atomic E-state index is 12.5. The summed E-state index contributed by atoms with van der Waals surface area (Å²) in [5.74, 6) is 0.855. The van der Waals surface area contributed by atoms with Crippen LogP contribution in [-0.4, -0.2) is 33.8 Å². The van der Waals surface area contributed by atoms with Crippen molar-refractivity contribution in [3.63, 3.8) is 0 Å². The quantitative estimate of drug-likeness (QED) is 0.732. The van der Waals surface area contributed by atoms with Crippen LogP contribution in [0.4, 0.5) is 0 Å². The predicted molar refractivity (Wildman–Crippen MR) is 89.7 cm³/mol. The summed E-state index contributed by atoms with van der Waals surface area (Å²) >= 11 is 1.75. The molecule has 0 radical (unpaired) electrons. The Morgan fingerprint density at radius 2 is 1.71 bits per heavy atom. The summed E-state index contributed by atoms with van der Waals surface area (Å²) in [7, 11) is 0. The van der Waals surface area contributed by atoms with Crippen LogP contribution in [-0.2, 0) is 4.79 Å². The number of rotatable bonds is 3. The summed E-state index contributed by atoms with van der Waals surface area (Å²) in [4.78, 5) is 18.9. The molecular weight excluding hydrogens is 280 g/mol. The molecule has 1 amide bonds. The summed E-state index contributed by atoms with van der Waals surface area (Å²) in [5.41, 5.74) is 0. The molecule has 1 aliphatic carbocycles. The highest BCUT2D eigenvalue weighted by molar-refractivity contribution is 8.16. The Kier molecular flexibility index (Phi) is 5.05. The van der Waals surface area contributed by atoms with E-state index in [-0.39, 0.29) is 5.91 Å². The van der Waals surface area contributed by atoms with E-state index in [9.17, 15) is 4.79 Å². The van der Waals surface area contributed by atoms with Crippen LogP contribution in [0.5, 0.6) is 0 Å². The second-order valence-electron chi connectivity index (χ2n) is 7.01. The molecule has 4 heteroatoms. The summed E-state index contributed by atoms with van der Waals surface area (Å²) in [6, 6.07) is 0. The second kappa shape index (κ2) is 6.82. The van der Waals surface area contributed by atoms with Crippen LogP contribution in [0.15, 0.2) is 4.99 Å². The first-order valence-corrected chi connectivity index (χ1v) is 9.56. The van der Waals surface area contributed by atoms with Crippen LogP contribution < -0.4 is 0 Å². The maximum atomic E-state index is 12.5. The molecule has 3 aliphatic rings. The Hall–Kier alpha value is -0.350. The molecule has 1 atom stereocenters. The zero-order chi connectivity index (χ0) is 14.7. The zero-order valence-corrected chi connectivity index (χ0v) is 14.1. The molecule has 118 valence electrons. The Bertz CT molecular complexity index is 409. The van der Waals surface area contributed by atoms with E-state index in [0.29, 0.717) is 0 Å². The van der Waals surface area contributed by atoms with E-state index in [0.717, 1.165) is 30.5 Å². The van der Waals surface area contributed by atoms with Crippen molar-refractivity contribution in [3.05, 3.63) is 0 Å². The highest BCUT2D eigenvalue weighted by Gasteiger charge is 2.46. The van der Waals surface area contributed by atoms with Gasteiger partial charge in [-0.15, -0.1) is 0 Å². The lowest BCUT2D eigenvalue weighted by Crippen LogP contribution is -2.49. The molecule has 0 bridgehead atoms. The monoisotopic (exact) mass is 308 g/mol. The lowest BCUT2D eigenvalue weighted by molar-refractivity contribution is -0.124. The number of piperidine rings is 1. The third-order valence-electron chi connectivity index (χ3n) is 5.34. The first-order chi connectivity index (χ1) is 10.2. The molecule has 3 rings (SSSR count). The molecule has 0 N–H and O–H groups in total. The van der Waals surface area contributed by atoms with Gasteiger partial charge in [0, 0.05) is 0 Å². The highest BCUT2D eigenvalue weighted by atomic mass is 32.2. The number of hydrogen-bond donors (Lipinski definition) is 0. The molecule has 2 aliphatic heterocycles. The van der Waals surface area contributed by atoms with Crippen molar-refractivity contribution < 1.29 is 4.79 Å². The molecule has 3 nitrogen and oxygen atoms in total. The Morgan fingerprint density at radius 3 is 2.38 bits per heavy atom. The number of nitrogens with zero attached hydrogens (tertiary/aromatic N) is 2. The Balaban J connectivity index is 1.60. The molecule has 1 saturated heterocycles. The van der Waals surface area contributed by atoms with Gasteiger partial charge in [-0.25, -0.2) is 4.99 Å². The largest absolute Gasteiger partial charge is 0.281 e. The number of carbonyl (C=O) groups excluding carboxylic acids is 1. The SMILES string of the molecule is CC1(N2CCCCC2)SC(CC2CCCCCC2)=NC1=O. The van der Waals surface area contributed by atoms with Crippen molar-refractivity contribution in [2.45, 2.75) is 76.0 Å². The van der Waals surface area contributed by atoms with Gasteiger partial charge in [0.25, 0.3) is 5.91 Å². The number of carbonyl (C=O) groups is 1. The first-order valence-electron chi connectivity index (χ1n) is 8.74. The predicted octanol–water partition coefficient (Wildman–Crippen LogP) is 4.22. The van der Waals surface area contributed by atoms with Crippen LogP contribution in [0.1, 0.15) is 71.1 Å². The molecule has 0 spiro atoms. The van der Waals surface area contributed by atoms with Gasteiger partial charge in [0.15, 0.2) is 4.87 Å². The average Bonchev–Trinajstić information content (AvgIpc) is 2.68. The van der Waals surface area contributed by atoms with Gasteiger partial charge in [0.1, 0.15) is 0 Å². The third-order valence-corrected chi connectivity index (χ3v) is 6.66. The minimum absolute atomic E-state index is 0.0954. The fraction of sp³-hybridized carbons (Fsp3) is 0.882. The van der Waals surface area contributed by atoms with Gasteiger partial charge in [0.05, 0.1) is 5.04 Å². The Labute approximate surface area is 133 Å². The first kappa shape index (κ1) is 15.5. The van der Waals surface area contributed by atoms with E-state index >= 15 is 0 Å². The molecule has 2 fully saturated rings. The standard InChI is InChI=1S/C17H28N2OS/c1-17(19-11-7-4-8-12-19)16(20)18-15(21-17)13-14-9-5-2-3-6-10-14/h14H,2-13H2,1H3. The van der Waals surface area contributed by atoms with Crippen molar-refractivity contribution >= 4 is 22.7 Å². The number of aliphatic imine (C=N–C) groups is 1. The molecule has 1 saturated carbocycles. The number of likely N-dealkylation sites (tertiary alicyclic amines) is 1. The van der Waals surface area contributed by atoms with Gasteiger partial charge >= 0.3 is 0 Å². The van der Waals surface area contributed by atoms with Gasteiger partial charge in [-0.05, 0) is 45.2 Å². The lowest BCUT2D eigenvalue weighted by atomic mass is 9.97.